The van der Waals surface area contributed by atoms with E-state index in [4.69, 9.17) is 0 Å². The molecule has 0 saturated heterocycles. The molecule has 2 amide bonds. The van der Waals surface area contributed by atoms with Gasteiger partial charge in [0.25, 0.3) is 0 Å². The van der Waals surface area contributed by atoms with E-state index in [2.05, 4.69) is 5.32 Å². The highest BCUT2D eigenvalue weighted by atomic mass is 19.1. The number of amides is 2. The maximum Gasteiger partial charge on any atom is 0.242 e. The molecule has 150 valence electrons. The minimum absolute atomic E-state index is 0.119. The molecule has 1 atom stereocenters. The average molecular weight is 384 g/mol. The first kappa shape index (κ1) is 21.6. The number of nitrogens with zero attached hydrogens (tertiary/aromatic N) is 1. The van der Waals surface area contributed by atoms with Crippen LogP contribution in [0.4, 0.5) is 4.39 Å². The van der Waals surface area contributed by atoms with Crippen LogP contribution in [0.1, 0.15) is 37.5 Å². The Balaban J connectivity index is 2.18. The summed E-state index contributed by atoms with van der Waals surface area (Å²) in [5.41, 5.74) is 2.81. The fourth-order valence-corrected chi connectivity index (χ4v) is 2.80. The van der Waals surface area contributed by atoms with E-state index in [0.717, 1.165) is 16.7 Å². The van der Waals surface area contributed by atoms with Gasteiger partial charge in [-0.15, -0.1) is 0 Å². The number of rotatable bonds is 8. The van der Waals surface area contributed by atoms with Crippen molar-refractivity contribution in [3.05, 3.63) is 71.0 Å². The van der Waals surface area contributed by atoms with Gasteiger partial charge in [-0.1, -0.05) is 55.8 Å². The molecular formula is C23H29FN2O2. The lowest BCUT2D eigenvalue weighted by atomic mass is 10.1. The Labute approximate surface area is 166 Å². The molecule has 0 heterocycles. The number of benzene rings is 2. The van der Waals surface area contributed by atoms with Crippen molar-refractivity contribution >= 4 is 11.8 Å². The smallest absolute Gasteiger partial charge is 0.242 e. The van der Waals surface area contributed by atoms with E-state index >= 15 is 0 Å². The van der Waals surface area contributed by atoms with Crippen LogP contribution in [0.3, 0.4) is 0 Å². The fraction of sp³-hybridized carbons (Fsp3) is 0.391. The first-order valence-electron chi connectivity index (χ1n) is 9.63. The maximum atomic E-state index is 13.1. The van der Waals surface area contributed by atoms with Gasteiger partial charge >= 0.3 is 0 Å². The summed E-state index contributed by atoms with van der Waals surface area (Å²) in [5, 5.41) is 2.90. The second kappa shape index (κ2) is 10.0. The summed E-state index contributed by atoms with van der Waals surface area (Å²) in [5.74, 6) is -0.349. The third-order valence-corrected chi connectivity index (χ3v) is 4.59. The van der Waals surface area contributed by atoms with Gasteiger partial charge in [-0.05, 0) is 43.0 Å². The molecule has 0 aliphatic rings. The number of nitrogens with one attached hydrogen (secondary N) is 1. The van der Waals surface area contributed by atoms with Crippen molar-refractivity contribution in [1.29, 1.82) is 0 Å². The Kier molecular flexibility index (Phi) is 7.73. The van der Waals surface area contributed by atoms with Crippen LogP contribution in [0.5, 0.6) is 0 Å². The fourth-order valence-electron chi connectivity index (χ4n) is 2.80. The standard InChI is InChI=1S/C23H29FN2O2/c1-16(2)14-25-23(28)18(4)26(15-20-7-5-17(3)6-8-20)22(27)13-19-9-11-21(24)12-10-19/h5-12,16,18H,13-15H2,1-4H3,(H,25,28)/t18-/m0/s1. The van der Waals surface area contributed by atoms with Crippen molar-refractivity contribution < 1.29 is 14.0 Å². The first-order valence-corrected chi connectivity index (χ1v) is 9.63. The van der Waals surface area contributed by atoms with Gasteiger partial charge in [0.05, 0.1) is 6.42 Å². The van der Waals surface area contributed by atoms with E-state index < -0.39 is 6.04 Å². The molecule has 0 fully saturated rings. The lowest BCUT2D eigenvalue weighted by molar-refractivity contribution is -0.140. The van der Waals surface area contributed by atoms with Crippen LogP contribution in [0.25, 0.3) is 0 Å². The Hall–Kier alpha value is -2.69. The molecular weight excluding hydrogens is 355 g/mol. The second-order valence-corrected chi connectivity index (χ2v) is 7.63. The van der Waals surface area contributed by atoms with E-state index in [-0.39, 0.29) is 24.1 Å². The van der Waals surface area contributed by atoms with Crippen molar-refractivity contribution in [1.82, 2.24) is 10.2 Å². The molecule has 2 aromatic carbocycles. The number of hydrogen-bond acceptors (Lipinski definition) is 2. The summed E-state index contributed by atoms with van der Waals surface area (Å²) in [6, 6.07) is 13.2. The molecule has 28 heavy (non-hydrogen) atoms. The predicted molar refractivity (Wildman–Crippen MR) is 109 cm³/mol. The number of aryl methyl sites for hydroxylation is 1. The van der Waals surface area contributed by atoms with Crippen molar-refractivity contribution in [2.45, 2.75) is 46.7 Å². The highest BCUT2D eigenvalue weighted by molar-refractivity contribution is 5.88. The van der Waals surface area contributed by atoms with Gasteiger partial charge < -0.3 is 10.2 Å². The largest absolute Gasteiger partial charge is 0.354 e. The van der Waals surface area contributed by atoms with Gasteiger partial charge in [-0.2, -0.15) is 0 Å². The van der Waals surface area contributed by atoms with Crippen molar-refractivity contribution in [2.75, 3.05) is 6.54 Å². The monoisotopic (exact) mass is 384 g/mol. The molecule has 0 aliphatic carbocycles. The van der Waals surface area contributed by atoms with Gasteiger partial charge in [0.1, 0.15) is 11.9 Å². The quantitative estimate of drug-likeness (QED) is 0.751. The van der Waals surface area contributed by atoms with Crippen LogP contribution < -0.4 is 5.32 Å². The summed E-state index contributed by atoms with van der Waals surface area (Å²) in [6.45, 7) is 8.70. The summed E-state index contributed by atoms with van der Waals surface area (Å²) in [7, 11) is 0. The van der Waals surface area contributed by atoms with Gasteiger partial charge in [0.2, 0.25) is 11.8 Å². The van der Waals surface area contributed by atoms with Crippen LogP contribution in [0.15, 0.2) is 48.5 Å². The molecule has 0 saturated carbocycles. The number of hydrogen-bond donors (Lipinski definition) is 1. The van der Waals surface area contributed by atoms with Gasteiger partial charge in [-0.25, -0.2) is 4.39 Å². The van der Waals surface area contributed by atoms with Gasteiger partial charge in [0, 0.05) is 13.1 Å². The van der Waals surface area contributed by atoms with Crippen molar-refractivity contribution in [3.8, 4) is 0 Å². The highest BCUT2D eigenvalue weighted by Crippen LogP contribution is 2.14. The van der Waals surface area contributed by atoms with Gasteiger partial charge in [0.15, 0.2) is 0 Å². The normalized spacial score (nSPS) is 11.9. The van der Waals surface area contributed by atoms with Crippen LogP contribution >= 0.6 is 0 Å². The summed E-state index contributed by atoms with van der Waals surface area (Å²) in [6.07, 6.45) is 0.119. The third-order valence-electron chi connectivity index (χ3n) is 4.59. The predicted octanol–water partition coefficient (Wildman–Crippen LogP) is 3.87. The molecule has 2 rings (SSSR count). The minimum atomic E-state index is -0.604. The van der Waals surface area contributed by atoms with Crippen LogP contribution in [0, 0.1) is 18.7 Å². The Morgan fingerprint density at radius 3 is 2.11 bits per heavy atom. The zero-order valence-electron chi connectivity index (χ0n) is 17.0. The third kappa shape index (κ3) is 6.48. The topological polar surface area (TPSA) is 49.4 Å². The number of carbonyl (C=O) groups is 2. The van der Waals surface area contributed by atoms with E-state index in [1.807, 2.05) is 45.0 Å². The van der Waals surface area contributed by atoms with E-state index in [0.29, 0.717) is 19.0 Å². The number of carbonyl (C=O) groups excluding carboxylic acids is 2. The van der Waals surface area contributed by atoms with Crippen molar-refractivity contribution in [3.63, 3.8) is 0 Å². The van der Waals surface area contributed by atoms with Crippen LogP contribution in [-0.4, -0.2) is 29.3 Å². The molecule has 2 aromatic rings. The van der Waals surface area contributed by atoms with Crippen LogP contribution in [0.2, 0.25) is 0 Å². The molecule has 0 radical (unpaired) electrons. The Morgan fingerprint density at radius 1 is 0.964 bits per heavy atom. The van der Waals surface area contributed by atoms with E-state index in [1.165, 1.54) is 12.1 Å². The molecule has 5 heteroatoms. The zero-order valence-corrected chi connectivity index (χ0v) is 17.0. The van der Waals surface area contributed by atoms with E-state index in [1.54, 1.807) is 24.0 Å². The lowest BCUT2D eigenvalue weighted by Gasteiger charge is -2.29. The SMILES string of the molecule is Cc1ccc(CN(C(=O)Cc2ccc(F)cc2)[C@@H](C)C(=O)NCC(C)C)cc1. The number of halogens is 1. The molecule has 0 aliphatic heterocycles. The summed E-state index contributed by atoms with van der Waals surface area (Å²) < 4.78 is 13.1. The summed E-state index contributed by atoms with van der Waals surface area (Å²) >= 11 is 0. The Bertz CT molecular complexity index is 785. The molecule has 4 nitrogen and oxygen atoms in total. The zero-order chi connectivity index (χ0) is 20.7. The molecule has 0 aromatic heterocycles. The lowest BCUT2D eigenvalue weighted by Crippen LogP contribution is -2.48. The molecule has 0 unspecified atom stereocenters. The Morgan fingerprint density at radius 2 is 1.54 bits per heavy atom. The summed E-state index contributed by atoms with van der Waals surface area (Å²) in [4.78, 5) is 27.2. The van der Waals surface area contributed by atoms with Crippen molar-refractivity contribution in [2.24, 2.45) is 5.92 Å². The van der Waals surface area contributed by atoms with Gasteiger partial charge in [-0.3, -0.25) is 9.59 Å². The van der Waals surface area contributed by atoms with Crippen LogP contribution in [-0.2, 0) is 22.6 Å². The molecule has 1 N–H and O–H groups in total. The minimum Gasteiger partial charge on any atom is -0.354 e. The molecule has 0 spiro atoms. The maximum absolute atomic E-state index is 13.1. The highest BCUT2D eigenvalue weighted by Gasteiger charge is 2.26. The first-order chi connectivity index (χ1) is 13.3. The molecule has 0 bridgehead atoms. The average Bonchev–Trinajstić information content (AvgIpc) is 2.66. The second-order valence-electron chi connectivity index (χ2n) is 7.63. The van der Waals surface area contributed by atoms with E-state index in [9.17, 15) is 14.0 Å².